The Morgan fingerprint density at radius 1 is 1.31 bits per heavy atom. The molecule has 0 bridgehead atoms. The standard InChI is InChI=1S/C17H15F2N5O2/c1-11(24-10-20-9-23-24)16(25)22-8-12-3-2-6-21-17(12)26-13-4-5-14(18)15(19)7-13/h2-7,9-11H,8H2,1H3,(H,22,25)/t11-/m0/s1. The lowest BCUT2D eigenvalue weighted by Gasteiger charge is -2.14. The largest absolute Gasteiger partial charge is 0.439 e. The second-order valence-electron chi connectivity index (χ2n) is 5.41. The van der Waals surface area contributed by atoms with Crippen LogP contribution in [0.3, 0.4) is 0 Å². The summed E-state index contributed by atoms with van der Waals surface area (Å²) in [5.74, 6) is -1.96. The van der Waals surface area contributed by atoms with Crippen LogP contribution >= 0.6 is 0 Å². The van der Waals surface area contributed by atoms with E-state index in [0.717, 1.165) is 12.1 Å². The Morgan fingerprint density at radius 2 is 2.15 bits per heavy atom. The van der Waals surface area contributed by atoms with Crippen molar-refractivity contribution in [1.29, 1.82) is 0 Å². The van der Waals surface area contributed by atoms with Crippen LogP contribution in [-0.4, -0.2) is 25.7 Å². The van der Waals surface area contributed by atoms with E-state index in [4.69, 9.17) is 4.74 Å². The van der Waals surface area contributed by atoms with Crippen molar-refractivity contribution in [2.75, 3.05) is 0 Å². The van der Waals surface area contributed by atoms with Gasteiger partial charge in [0.25, 0.3) is 0 Å². The summed E-state index contributed by atoms with van der Waals surface area (Å²) in [4.78, 5) is 20.1. The molecule has 1 atom stereocenters. The lowest BCUT2D eigenvalue weighted by Crippen LogP contribution is -2.31. The van der Waals surface area contributed by atoms with Crippen LogP contribution in [0.2, 0.25) is 0 Å². The predicted molar refractivity (Wildman–Crippen MR) is 87.2 cm³/mol. The predicted octanol–water partition coefficient (Wildman–Crippen LogP) is 2.62. The maximum absolute atomic E-state index is 13.3. The summed E-state index contributed by atoms with van der Waals surface area (Å²) in [6.45, 7) is 1.83. The number of rotatable bonds is 6. The van der Waals surface area contributed by atoms with Gasteiger partial charge in [-0.1, -0.05) is 6.07 Å². The van der Waals surface area contributed by atoms with Crippen LogP contribution in [0.15, 0.2) is 49.2 Å². The highest BCUT2D eigenvalue weighted by atomic mass is 19.2. The molecule has 0 radical (unpaired) electrons. The third-order valence-corrected chi connectivity index (χ3v) is 3.62. The lowest BCUT2D eigenvalue weighted by atomic mass is 10.2. The monoisotopic (exact) mass is 359 g/mol. The zero-order valence-corrected chi connectivity index (χ0v) is 13.8. The molecule has 26 heavy (non-hydrogen) atoms. The molecule has 0 fully saturated rings. The van der Waals surface area contributed by atoms with Crippen molar-refractivity contribution in [3.05, 3.63) is 66.4 Å². The molecule has 9 heteroatoms. The van der Waals surface area contributed by atoms with Gasteiger partial charge in [0.05, 0.1) is 0 Å². The van der Waals surface area contributed by atoms with E-state index in [-0.39, 0.29) is 24.1 Å². The molecule has 0 aliphatic heterocycles. The van der Waals surface area contributed by atoms with Crippen LogP contribution in [0.4, 0.5) is 8.78 Å². The van der Waals surface area contributed by atoms with E-state index >= 15 is 0 Å². The summed E-state index contributed by atoms with van der Waals surface area (Å²) < 4.78 is 33.3. The molecular weight excluding hydrogens is 344 g/mol. The Morgan fingerprint density at radius 3 is 2.88 bits per heavy atom. The van der Waals surface area contributed by atoms with E-state index in [0.29, 0.717) is 5.56 Å². The Hall–Kier alpha value is -3.36. The molecule has 134 valence electrons. The molecule has 0 unspecified atom stereocenters. The van der Waals surface area contributed by atoms with Gasteiger partial charge in [-0.3, -0.25) is 4.79 Å². The van der Waals surface area contributed by atoms with Crippen LogP contribution in [0.5, 0.6) is 11.6 Å². The van der Waals surface area contributed by atoms with Gasteiger partial charge in [0.15, 0.2) is 11.6 Å². The number of halogens is 2. The second-order valence-corrected chi connectivity index (χ2v) is 5.41. The van der Waals surface area contributed by atoms with Gasteiger partial charge in [-0.05, 0) is 25.1 Å². The van der Waals surface area contributed by atoms with E-state index < -0.39 is 17.7 Å². The van der Waals surface area contributed by atoms with Gasteiger partial charge in [0.2, 0.25) is 11.8 Å². The number of amides is 1. The number of carbonyl (C=O) groups excluding carboxylic acids is 1. The van der Waals surface area contributed by atoms with Gasteiger partial charge >= 0.3 is 0 Å². The summed E-state index contributed by atoms with van der Waals surface area (Å²) in [6, 6.07) is 6.05. The van der Waals surface area contributed by atoms with Gasteiger partial charge < -0.3 is 10.1 Å². The molecule has 0 spiro atoms. The summed E-state index contributed by atoms with van der Waals surface area (Å²) in [6.07, 6.45) is 4.29. The number of carbonyl (C=O) groups is 1. The summed E-state index contributed by atoms with van der Waals surface area (Å²) in [7, 11) is 0. The zero-order valence-electron chi connectivity index (χ0n) is 13.8. The minimum Gasteiger partial charge on any atom is -0.439 e. The molecule has 0 saturated heterocycles. The molecule has 3 aromatic rings. The van der Waals surface area contributed by atoms with Crippen LogP contribution in [-0.2, 0) is 11.3 Å². The highest BCUT2D eigenvalue weighted by molar-refractivity contribution is 5.79. The average Bonchev–Trinajstić information content (AvgIpc) is 3.18. The molecule has 1 N–H and O–H groups in total. The van der Waals surface area contributed by atoms with Gasteiger partial charge in [-0.15, -0.1) is 0 Å². The highest BCUT2D eigenvalue weighted by Gasteiger charge is 2.16. The molecule has 0 aliphatic rings. The summed E-state index contributed by atoms with van der Waals surface area (Å²) >= 11 is 0. The topological polar surface area (TPSA) is 81.9 Å². The lowest BCUT2D eigenvalue weighted by molar-refractivity contribution is -0.124. The fourth-order valence-corrected chi connectivity index (χ4v) is 2.17. The summed E-state index contributed by atoms with van der Waals surface area (Å²) in [5, 5.41) is 6.67. The van der Waals surface area contributed by atoms with Gasteiger partial charge in [-0.2, -0.15) is 5.10 Å². The molecule has 2 heterocycles. The number of hydrogen-bond acceptors (Lipinski definition) is 5. The first-order chi connectivity index (χ1) is 12.5. The number of benzene rings is 1. The Kier molecular flexibility index (Phi) is 5.16. The third-order valence-electron chi connectivity index (χ3n) is 3.62. The first-order valence-corrected chi connectivity index (χ1v) is 7.73. The van der Waals surface area contributed by atoms with Crippen LogP contribution in [0.1, 0.15) is 18.5 Å². The van der Waals surface area contributed by atoms with Crippen LogP contribution in [0.25, 0.3) is 0 Å². The fraction of sp³-hybridized carbons (Fsp3) is 0.176. The second kappa shape index (κ2) is 7.68. The molecule has 1 amide bonds. The van der Waals surface area contributed by atoms with E-state index in [9.17, 15) is 13.6 Å². The quantitative estimate of drug-likeness (QED) is 0.732. The molecular formula is C17H15F2N5O2. The van der Waals surface area contributed by atoms with E-state index in [1.807, 2.05) is 0 Å². The van der Waals surface area contributed by atoms with E-state index in [1.165, 1.54) is 29.6 Å². The maximum Gasteiger partial charge on any atom is 0.244 e. The number of nitrogens with one attached hydrogen (secondary N) is 1. The van der Waals surface area contributed by atoms with Crippen LogP contribution in [0, 0.1) is 11.6 Å². The van der Waals surface area contributed by atoms with Crippen molar-refractivity contribution in [2.45, 2.75) is 19.5 Å². The van der Waals surface area contributed by atoms with Crippen molar-refractivity contribution < 1.29 is 18.3 Å². The first-order valence-electron chi connectivity index (χ1n) is 7.73. The minimum atomic E-state index is -1.02. The SMILES string of the molecule is C[C@@H](C(=O)NCc1cccnc1Oc1ccc(F)c(F)c1)n1cncn1. The Bertz CT molecular complexity index is 902. The smallest absolute Gasteiger partial charge is 0.244 e. The molecule has 7 nitrogen and oxygen atoms in total. The highest BCUT2D eigenvalue weighted by Crippen LogP contribution is 2.24. The van der Waals surface area contributed by atoms with Crippen molar-refractivity contribution in [1.82, 2.24) is 25.1 Å². The van der Waals surface area contributed by atoms with Crippen molar-refractivity contribution in [3.8, 4) is 11.6 Å². The number of nitrogens with zero attached hydrogens (tertiary/aromatic N) is 4. The normalized spacial score (nSPS) is 11.8. The average molecular weight is 359 g/mol. The molecule has 0 aliphatic carbocycles. The summed E-state index contributed by atoms with van der Waals surface area (Å²) in [5.41, 5.74) is 0.580. The third kappa shape index (κ3) is 4.00. The van der Waals surface area contributed by atoms with Gasteiger partial charge in [0.1, 0.15) is 24.4 Å². The Balaban J connectivity index is 1.69. The van der Waals surface area contributed by atoms with Crippen LogP contribution < -0.4 is 10.1 Å². The fourth-order valence-electron chi connectivity index (χ4n) is 2.17. The number of pyridine rings is 1. The van der Waals surface area contributed by atoms with Crippen molar-refractivity contribution in [2.24, 2.45) is 0 Å². The minimum absolute atomic E-state index is 0.103. The van der Waals surface area contributed by atoms with Crippen molar-refractivity contribution in [3.63, 3.8) is 0 Å². The Labute approximate surface area is 147 Å². The number of hydrogen-bond donors (Lipinski definition) is 1. The molecule has 3 rings (SSSR count). The molecule has 2 aromatic heterocycles. The molecule has 1 aromatic carbocycles. The zero-order chi connectivity index (χ0) is 18.5. The molecule has 0 saturated carbocycles. The number of aromatic nitrogens is 4. The number of ether oxygens (including phenoxy) is 1. The van der Waals surface area contributed by atoms with E-state index in [2.05, 4.69) is 20.4 Å². The van der Waals surface area contributed by atoms with Gasteiger partial charge in [-0.25, -0.2) is 23.4 Å². The van der Waals surface area contributed by atoms with Gasteiger partial charge in [0, 0.05) is 24.4 Å². The first kappa shape index (κ1) is 17.5. The van der Waals surface area contributed by atoms with Crippen molar-refractivity contribution >= 4 is 5.91 Å². The maximum atomic E-state index is 13.3. The van der Waals surface area contributed by atoms with E-state index in [1.54, 1.807) is 19.1 Å².